The summed E-state index contributed by atoms with van der Waals surface area (Å²) in [7, 11) is 1.74. The molecule has 0 fully saturated rings. The van der Waals surface area contributed by atoms with Crippen molar-refractivity contribution in [3.63, 3.8) is 0 Å². The molecule has 0 saturated heterocycles. The van der Waals surface area contributed by atoms with Gasteiger partial charge in [-0.15, -0.1) is 11.3 Å². The summed E-state index contributed by atoms with van der Waals surface area (Å²) >= 11 is 1.85. The standard InChI is InChI=1S/C17H23NOS/c1-19-12-11-18-14-16(15-6-3-2-4-7-15)9-10-17-8-5-13-20-17/h2-8,13,16,18H,9-12,14H2,1H3. The predicted octanol–water partition coefficient (Wildman–Crippen LogP) is 3.70. The maximum atomic E-state index is 5.09. The van der Waals surface area contributed by atoms with Crippen molar-refractivity contribution in [1.29, 1.82) is 0 Å². The van der Waals surface area contributed by atoms with Crippen LogP contribution in [0.3, 0.4) is 0 Å². The first-order chi connectivity index (χ1) is 9.90. The molecule has 1 heterocycles. The highest BCUT2D eigenvalue weighted by Gasteiger charge is 2.11. The molecule has 0 aliphatic rings. The molecule has 3 heteroatoms. The van der Waals surface area contributed by atoms with Crippen LogP contribution in [-0.2, 0) is 11.2 Å². The van der Waals surface area contributed by atoms with Gasteiger partial charge in [-0.3, -0.25) is 0 Å². The number of methoxy groups -OCH3 is 1. The van der Waals surface area contributed by atoms with Gasteiger partial charge in [0.15, 0.2) is 0 Å². The van der Waals surface area contributed by atoms with Crippen LogP contribution in [0.25, 0.3) is 0 Å². The zero-order valence-electron chi connectivity index (χ0n) is 12.0. The Morgan fingerprint density at radius 1 is 1.15 bits per heavy atom. The van der Waals surface area contributed by atoms with E-state index in [4.69, 9.17) is 4.74 Å². The summed E-state index contributed by atoms with van der Waals surface area (Å²) in [5, 5.41) is 5.65. The monoisotopic (exact) mass is 289 g/mol. The van der Waals surface area contributed by atoms with Gasteiger partial charge < -0.3 is 10.1 Å². The first-order valence-electron chi connectivity index (χ1n) is 7.17. The Hall–Kier alpha value is -1.16. The van der Waals surface area contributed by atoms with Crippen LogP contribution < -0.4 is 5.32 Å². The summed E-state index contributed by atoms with van der Waals surface area (Å²) in [4.78, 5) is 1.47. The Kier molecular flexibility index (Phi) is 6.78. The third kappa shape index (κ3) is 5.08. The molecule has 20 heavy (non-hydrogen) atoms. The molecule has 0 saturated carbocycles. The number of thiophene rings is 1. The lowest BCUT2D eigenvalue weighted by Crippen LogP contribution is -2.25. The first-order valence-corrected chi connectivity index (χ1v) is 8.05. The minimum atomic E-state index is 0.565. The van der Waals surface area contributed by atoms with Gasteiger partial charge in [0.25, 0.3) is 0 Å². The van der Waals surface area contributed by atoms with E-state index in [0.717, 1.165) is 26.1 Å². The molecule has 1 unspecified atom stereocenters. The fourth-order valence-electron chi connectivity index (χ4n) is 2.33. The Bertz CT molecular complexity index is 455. The Labute approximate surface area is 125 Å². The van der Waals surface area contributed by atoms with Gasteiger partial charge in [0.2, 0.25) is 0 Å². The van der Waals surface area contributed by atoms with Gasteiger partial charge >= 0.3 is 0 Å². The second kappa shape index (κ2) is 8.90. The zero-order chi connectivity index (χ0) is 14.0. The smallest absolute Gasteiger partial charge is 0.0587 e. The van der Waals surface area contributed by atoms with Crippen LogP contribution in [0.5, 0.6) is 0 Å². The summed E-state index contributed by atoms with van der Waals surface area (Å²) < 4.78 is 5.09. The van der Waals surface area contributed by atoms with Crippen molar-refractivity contribution in [1.82, 2.24) is 5.32 Å². The fraction of sp³-hybridized carbons (Fsp3) is 0.412. The predicted molar refractivity (Wildman–Crippen MR) is 86.6 cm³/mol. The number of hydrogen-bond acceptors (Lipinski definition) is 3. The Morgan fingerprint density at radius 2 is 2.00 bits per heavy atom. The van der Waals surface area contributed by atoms with E-state index >= 15 is 0 Å². The number of ether oxygens (including phenoxy) is 1. The van der Waals surface area contributed by atoms with Crippen molar-refractivity contribution in [3.8, 4) is 0 Å². The molecule has 1 aromatic heterocycles. The summed E-state index contributed by atoms with van der Waals surface area (Å²) in [6.45, 7) is 2.70. The largest absolute Gasteiger partial charge is 0.383 e. The molecule has 1 N–H and O–H groups in total. The maximum absolute atomic E-state index is 5.09. The Balaban J connectivity index is 1.89. The summed E-state index contributed by atoms with van der Waals surface area (Å²) in [5.74, 6) is 0.565. The average molecular weight is 289 g/mol. The number of aryl methyl sites for hydroxylation is 1. The molecular weight excluding hydrogens is 266 g/mol. The van der Waals surface area contributed by atoms with Crippen LogP contribution in [0.2, 0.25) is 0 Å². The molecule has 0 aliphatic heterocycles. The van der Waals surface area contributed by atoms with Crippen LogP contribution in [0.15, 0.2) is 47.8 Å². The highest BCUT2D eigenvalue weighted by Crippen LogP contribution is 2.22. The lowest BCUT2D eigenvalue weighted by Gasteiger charge is -2.18. The molecule has 108 valence electrons. The summed E-state index contributed by atoms with van der Waals surface area (Å²) in [5.41, 5.74) is 1.42. The molecule has 0 bridgehead atoms. The number of hydrogen-bond donors (Lipinski definition) is 1. The van der Waals surface area contributed by atoms with Crippen molar-refractivity contribution >= 4 is 11.3 Å². The second-order valence-corrected chi connectivity index (χ2v) is 5.95. The van der Waals surface area contributed by atoms with Gasteiger partial charge in [-0.05, 0) is 35.8 Å². The summed E-state index contributed by atoms with van der Waals surface area (Å²) in [6.07, 6.45) is 2.34. The van der Waals surface area contributed by atoms with Crippen LogP contribution in [0.1, 0.15) is 22.8 Å². The van der Waals surface area contributed by atoms with Crippen molar-refractivity contribution < 1.29 is 4.74 Å². The van der Waals surface area contributed by atoms with Crippen molar-refractivity contribution in [2.75, 3.05) is 26.8 Å². The van der Waals surface area contributed by atoms with E-state index in [-0.39, 0.29) is 0 Å². The third-order valence-corrected chi connectivity index (χ3v) is 4.40. The van der Waals surface area contributed by atoms with E-state index in [1.54, 1.807) is 7.11 Å². The molecule has 1 aromatic carbocycles. The number of nitrogens with one attached hydrogen (secondary N) is 1. The van der Waals surface area contributed by atoms with Crippen molar-refractivity contribution in [3.05, 3.63) is 58.3 Å². The van der Waals surface area contributed by atoms with Crippen LogP contribution in [0.4, 0.5) is 0 Å². The van der Waals surface area contributed by atoms with Crippen molar-refractivity contribution in [2.24, 2.45) is 0 Å². The lowest BCUT2D eigenvalue weighted by molar-refractivity contribution is 0.199. The molecular formula is C17H23NOS. The lowest BCUT2D eigenvalue weighted by atomic mass is 9.94. The molecule has 0 aliphatic carbocycles. The molecule has 1 atom stereocenters. The molecule has 0 spiro atoms. The van der Waals surface area contributed by atoms with Crippen LogP contribution in [-0.4, -0.2) is 26.8 Å². The van der Waals surface area contributed by atoms with Gasteiger partial charge in [0, 0.05) is 25.1 Å². The molecule has 2 aromatic rings. The highest BCUT2D eigenvalue weighted by molar-refractivity contribution is 7.09. The van der Waals surface area contributed by atoms with Gasteiger partial charge in [0.05, 0.1) is 6.61 Å². The maximum Gasteiger partial charge on any atom is 0.0587 e. The molecule has 2 rings (SSSR count). The Morgan fingerprint density at radius 3 is 2.70 bits per heavy atom. The average Bonchev–Trinajstić information content (AvgIpc) is 3.01. The first kappa shape index (κ1) is 15.2. The van der Waals surface area contributed by atoms with Gasteiger partial charge in [0.1, 0.15) is 0 Å². The van der Waals surface area contributed by atoms with Crippen molar-refractivity contribution in [2.45, 2.75) is 18.8 Å². The number of benzene rings is 1. The van der Waals surface area contributed by atoms with E-state index in [9.17, 15) is 0 Å². The zero-order valence-corrected chi connectivity index (χ0v) is 12.9. The minimum absolute atomic E-state index is 0.565. The third-order valence-electron chi connectivity index (χ3n) is 3.46. The molecule has 0 radical (unpaired) electrons. The van der Waals surface area contributed by atoms with Gasteiger partial charge in [-0.2, -0.15) is 0 Å². The second-order valence-electron chi connectivity index (χ2n) is 4.92. The minimum Gasteiger partial charge on any atom is -0.383 e. The SMILES string of the molecule is COCCNCC(CCc1cccs1)c1ccccc1. The van der Waals surface area contributed by atoms with Crippen LogP contribution >= 0.6 is 11.3 Å². The fourth-order valence-corrected chi connectivity index (χ4v) is 3.06. The van der Waals surface area contributed by atoms with E-state index < -0.39 is 0 Å². The summed E-state index contributed by atoms with van der Waals surface area (Å²) in [6, 6.07) is 15.2. The number of rotatable bonds is 9. The van der Waals surface area contributed by atoms with Gasteiger partial charge in [-0.1, -0.05) is 36.4 Å². The van der Waals surface area contributed by atoms with E-state index in [2.05, 4.69) is 53.2 Å². The topological polar surface area (TPSA) is 21.3 Å². The molecule has 2 nitrogen and oxygen atoms in total. The van der Waals surface area contributed by atoms with Gasteiger partial charge in [-0.25, -0.2) is 0 Å². The highest BCUT2D eigenvalue weighted by atomic mass is 32.1. The quantitative estimate of drug-likeness (QED) is 0.711. The van der Waals surface area contributed by atoms with E-state index in [0.29, 0.717) is 5.92 Å². The van der Waals surface area contributed by atoms with E-state index in [1.165, 1.54) is 16.9 Å². The molecule has 0 amide bonds. The van der Waals surface area contributed by atoms with Crippen LogP contribution in [0, 0.1) is 0 Å². The normalized spacial score (nSPS) is 12.4. The van der Waals surface area contributed by atoms with E-state index in [1.807, 2.05) is 11.3 Å².